The Morgan fingerprint density at radius 1 is 1.23 bits per heavy atom. The van der Waals surface area contributed by atoms with Crippen molar-refractivity contribution in [2.45, 2.75) is 6.18 Å². The fraction of sp³-hybridized carbons (Fsp3) is 0.118. The number of thiazole rings is 1. The van der Waals surface area contributed by atoms with Gasteiger partial charge in [0.2, 0.25) is 0 Å². The van der Waals surface area contributed by atoms with Gasteiger partial charge in [0.15, 0.2) is 23.1 Å². The Morgan fingerprint density at radius 3 is 2.58 bits per heavy atom. The molecule has 0 bridgehead atoms. The number of nitrogens with zero attached hydrogens (tertiary/aromatic N) is 4. The van der Waals surface area contributed by atoms with Crippen LogP contribution in [-0.4, -0.2) is 38.4 Å². The lowest BCUT2D eigenvalue weighted by Gasteiger charge is -2.13. The van der Waals surface area contributed by atoms with Gasteiger partial charge in [-0.25, -0.2) is 19.7 Å². The van der Waals surface area contributed by atoms with E-state index in [0.29, 0.717) is 11.1 Å². The molecule has 3 aromatic rings. The molecule has 0 fully saturated rings. The number of amides is 1. The molecule has 0 saturated carbocycles. The van der Waals surface area contributed by atoms with E-state index in [9.17, 15) is 32.9 Å². The van der Waals surface area contributed by atoms with Gasteiger partial charge in [0, 0.05) is 29.9 Å². The maximum atomic E-state index is 13.1. The number of hydrogen-bond donors (Lipinski definition) is 1. The van der Waals surface area contributed by atoms with Crippen LogP contribution < -0.4 is 5.32 Å². The van der Waals surface area contributed by atoms with Gasteiger partial charge in [-0.3, -0.25) is 14.9 Å². The van der Waals surface area contributed by atoms with Crippen LogP contribution in [0.2, 0.25) is 0 Å². The van der Waals surface area contributed by atoms with Crippen molar-refractivity contribution in [1.82, 2.24) is 15.0 Å². The number of carbonyl (C=O) groups is 2. The second kappa shape index (κ2) is 8.83. The van der Waals surface area contributed by atoms with Gasteiger partial charge in [-0.2, -0.15) is 13.2 Å². The first-order valence-corrected chi connectivity index (χ1v) is 9.08. The minimum Gasteiger partial charge on any atom is -0.451 e. The van der Waals surface area contributed by atoms with E-state index in [2.05, 4.69) is 15.0 Å². The minimum absolute atomic E-state index is 0.133. The molecule has 14 heteroatoms. The van der Waals surface area contributed by atoms with Crippen molar-refractivity contribution in [3.05, 3.63) is 63.4 Å². The topological polar surface area (TPSA) is 137 Å². The number of nitrogens with one attached hydrogen (secondary N) is 1. The maximum Gasteiger partial charge on any atom is 0.418 e. The highest BCUT2D eigenvalue weighted by Gasteiger charge is 2.35. The average molecular weight is 453 g/mol. The van der Waals surface area contributed by atoms with Crippen LogP contribution in [0.15, 0.2) is 42.0 Å². The minimum atomic E-state index is -4.96. The van der Waals surface area contributed by atoms with E-state index in [1.807, 2.05) is 5.32 Å². The van der Waals surface area contributed by atoms with Gasteiger partial charge < -0.3 is 10.1 Å². The van der Waals surface area contributed by atoms with Crippen LogP contribution in [0, 0.1) is 10.1 Å². The van der Waals surface area contributed by atoms with E-state index >= 15 is 0 Å². The molecule has 0 saturated heterocycles. The van der Waals surface area contributed by atoms with Crippen LogP contribution in [0.1, 0.15) is 16.1 Å². The zero-order chi connectivity index (χ0) is 22.6. The summed E-state index contributed by atoms with van der Waals surface area (Å²) in [7, 11) is 0. The number of alkyl halides is 3. The lowest BCUT2D eigenvalue weighted by molar-refractivity contribution is -0.385. The van der Waals surface area contributed by atoms with Crippen molar-refractivity contribution >= 4 is 34.6 Å². The second-order valence-corrected chi connectivity index (χ2v) is 6.58. The number of esters is 1. The number of rotatable bonds is 6. The summed E-state index contributed by atoms with van der Waals surface area (Å²) in [6.45, 7) is -0.901. The van der Waals surface area contributed by atoms with Crippen molar-refractivity contribution in [2.24, 2.45) is 0 Å². The molecule has 10 nitrogen and oxygen atoms in total. The van der Waals surface area contributed by atoms with E-state index in [4.69, 9.17) is 4.74 Å². The molecular weight excluding hydrogens is 443 g/mol. The number of halogens is 3. The third-order valence-corrected chi connectivity index (χ3v) is 4.44. The SMILES string of the molecule is O=C(COC(=O)c1csc(-c2ncccn2)n1)Nc1ccc([N+](=O)[O-])cc1C(F)(F)F. The first-order valence-electron chi connectivity index (χ1n) is 8.20. The van der Waals surface area contributed by atoms with Crippen molar-refractivity contribution in [1.29, 1.82) is 0 Å². The highest BCUT2D eigenvalue weighted by Crippen LogP contribution is 2.37. The smallest absolute Gasteiger partial charge is 0.418 e. The summed E-state index contributed by atoms with van der Waals surface area (Å²) < 4.78 is 44.2. The quantitative estimate of drug-likeness (QED) is 0.341. The molecule has 0 aliphatic heterocycles. The zero-order valence-electron chi connectivity index (χ0n) is 15.1. The number of carbonyl (C=O) groups excluding carboxylic acids is 2. The van der Waals surface area contributed by atoms with E-state index in [0.717, 1.165) is 23.5 Å². The van der Waals surface area contributed by atoms with Gasteiger partial charge >= 0.3 is 12.1 Å². The van der Waals surface area contributed by atoms with Crippen LogP contribution in [0.3, 0.4) is 0 Å². The van der Waals surface area contributed by atoms with Crippen LogP contribution in [0.4, 0.5) is 24.5 Å². The highest BCUT2D eigenvalue weighted by atomic mass is 32.1. The Morgan fingerprint density at radius 2 is 1.94 bits per heavy atom. The number of hydrogen-bond acceptors (Lipinski definition) is 9. The van der Waals surface area contributed by atoms with Crippen molar-refractivity contribution in [2.75, 3.05) is 11.9 Å². The summed E-state index contributed by atoms with van der Waals surface area (Å²) in [4.78, 5) is 45.6. The van der Waals surface area contributed by atoms with Crippen molar-refractivity contribution < 1.29 is 32.4 Å². The lowest BCUT2D eigenvalue weighted by Crippen LogP contribution is -2.23. The largest absolute Gasteiger partial charge is 0.451 e. The van der Waals surface area contributed by atoms with Crippen molar-refractivity contribution in [3.63, 3.8) is 0 Å². The summed E-state index contributed by atoms with van der Waals surface area (Å²) in [6, 6.07) is 3.44. The molecule has 0 aliphatic carbocycles. The molecule has 1 aromatic carbocycles. The highest BCUT2D eigenvalue weighted by molar-refractivity contribution is 7.13. The van der Waals surface area contributed by atoms with E-state index in [1.54, 1.807) is 6.07 Å². The molecule has 0 radical (unpaired) electrons. The molecule has 3 rings (SSSR count). The monoisotopic (exact) mass is 453 g/mol. The number of ether oxygens (including phenoxy) is 1. The normalized spacial score (nSPS) is 11.1. The fourth-order valence-corrected chi connectivity index (χ4v) is 2.99. The summed E-state index contributed by atoms with van der Waals surface area (Å²) in [6.07, 6.45) is -1.99. The summed E-state index contributed by atoms with van der Waals surface area (Å²) >= 11 is 1.06. The number of anilines is 1. The third-order valence-electron chi connectivity index (χ3n) is 3.60. The summed E-state index contributed by atoms with van der Waals surface area (Å²) in [5, 5.41) is 14.3. The molecule has 2 aromatic heterocycles. The van der Waals surface area contributed by atoms with Gasteiger partial charge in [-0.15, -0.1) is 11.3 Å². The number of nitro benzene ring substituents is 1. The Bertz CT molecular complexity index is 1140. The fourth-order valence-electron chi connectivity index (χ4n) is 2.26. The Hall–Kier alpha value is -3.94. The Balaban J connectivity index is 1.65. The molecule has 1 amide bonds. The zero-order valence-corrected chi connectivity index (χ0v) is 15.9. The predicted octanol–water partition coefficient (Wildman–Crippen LogP) is 3.32. The van der Waals surface area contributed by atoms with E-state index in [-0.39, 0.29) is 11.5 Å². The first-order chi connectivity index (χ1) is 14.6. The van der Waals surface area contributed by atoms with Crippen LogP contribution in [0.5, 0.6) is 0 Å². The third kappa shape index (κ3) is 5.36. The molecule has 160 valence electrons. The van der Waals surface area contributed by atoms with Gasteiger partial charge in [-0.1, -0.05) is 0 Å². The summed E-state index contributed by atoms with van der Waals surface area (Å²) in [5.41, 5.74) is -3.05. The van der Waals surface area contributed by atoms with Crippen LogP contribution >= 0.6 is 11.3 Å². The standard InChI is InChI=1S/C17H10F3N5O5S/c18-17(19,20)10-6-9(25(28)29)2-3-11(10)23-13(26)7-30-16(27)12-8-31-15(24-12)14-21-4-1-5-22-14/h1-6,8H,7H2,(H,23,26). The molecule has 0 spiro atoms. The molecule has 0 aliphatic rings. The molecule has 0 atom stereocenters. The second-order valence-electron chi connectivity index (χ2n) is 5.72. The number of nitro groups is 1. The molecule has 0 unspecified atom stereocenters. The van der Waals surface area contributed by atoms with Gasteiger partial charge in [0.1, 0.15) is 0 Å². The van der Waals surface area contributed by atoms with Gasteiger partial charge in [0.25, 0.3) is 11.6 Å². The van der Waals surface area contributed by atoms with Gasteiger partial charge in [-0.05, 0) is 12.1 Å². The Kier molecular flexibility index (Phi) is 6.20. The van der Waals surface area contributed by atoms with Gasteiger partial charge in [0.05, 0.1) is 16.2 Å². The van der Waals surface area contributed by atoms with Crippen molar-refractivity contribution in [3.8, 4) is 10.8 Å². The number of benzene rings is 1. The number of non-ortho nitro benzene ring substituents is 1. The lowest BCUT2D eigenvalue weighted by atomic mass is 10.1. The van der Waals surface area contributed by atoms with E-state index in [1.165, 1.54) is 17.8 Å². The Labute approximate surface area is 174 Å². The number of aromatic nitrogens is 3. The average Bonchev–Trinajstić information content (AvgIpc) is 3.22. The molecular formula is C17H10F3N5O5S. The van der Waals surface area contributed by atoms with Crippen LogP contribution in [0.25, 0.3) is 10.8 Å². The predicted molar refractivity (Wildman–Crippen MR) is 100 cm³/mol. The molecule has 1 N–H and O–H groups in total. The molecule has 31 heavy (non-hydrogen) atoms. The summed E-state index contributed by atoms with van der Waals surface area (Å²) in [5.74, 6) is -1.77. The first kappa shape index (κ1) is 21.8. The maximum absolute atomic E-state index is 13.1. The molecule has 2 heterocycles. The van der Waals surface area contributed by atoms with E-state index < -0.39 is 46.5 Å². The van der Waals surface area contributed by atoms with Crippen LogP contribution in [-0.2, 0) is 15.7 Å².